The van der Waals surface area contributed by atoms with Crippen LogP contribution in [0.1, 0.15) is 24.2 Å². The molecule has 3 atom stereocenters. The van der Waals surface area contributed by atoms with Crippen LogP contribution in [0.5, 0.6) is 5.75 Å². The smallest absolute Gasteiger partial charge is 0.156 e. The summed E-state index contributed by atoms with van der Waals surface area (Å²) in [6.45, 7) is 3.49. The highest BCUT2D eigenvalue weighted by Gasteiger charge is 2.38. The molecule has 2 unspecified atom stereocenters. The quantitative estimate of drug-likeness (QED) is 0.849. The average Bonchev–Trinajstić information content (AvgIpc) is 2.51. The number of sulfone groups is 1. The highest BCUT2D eigenvalue weighted by Crippen LogP contribution is 2.29. The summed E-state index contributed by atoms with van der Waals surface area (Å²) in [5.74, 6) is -0.0364. The molecule has 0 amide bonds. The number of hydrogen-bond donors (Lipinski definition) is 2. The lowest BCUT2D eigenvalue weighted by Gasteiger charge is -2.20. The lowest BCUT2D eigenvalue weighted by molar-refractivity contribution is 0.0707. The largest absolute Gasteiger partial charge is 0.486 e. The van der Waals surface area contributed by atoms with E-state index in [-0.39, 0.29) is 11.5 Å². The number of aliphatic hydroxyl groups is 2. The Bertz CT molecular complexity index is 564. The first-order chi connectivity index (χ1) is 8.78. The van der Waals surface area contributed by atoms with Crippen LogP contribution in [-0.2, 0) is 9.84 Å². The van der Waals surface area contributed by atoms with Crippen molar-refractivity contribution in [2.75, 3.05) is 11.5 Å². The summed E-state index contributed by atoms with van der Waals surface area (Å²) in [7, 11) is -3.25. The first-order valence-corrected chi connectivity index (χ1v) is 7.94. The van der Waals surface area contributed by atoms with E-state index in [9.17, 15) is 18.6 Å². The van der Waals surface area contributed by atoms with E-state index in [0.717, 1.165) is 5.56 Å². The van der Waals surface area contributed by atoms with Crippen LogP contribution in [0.25, 0.3) is 0 Å². The van der Waals surface area contributed by atoms with Gasteiger partial charge < -0.3 is 14.9 Å². The maximum absolute atomic E-state index is 11.4. The molecule has 0 saturated carbocycles. The summed E-state index contributed by atoms with van der Waals surface area (Å²) in [5.41, 5.74) is 1.52. The topological polar surface area (TPSA) is 83.8 Å². The van der Waals surface area contributed by atoms with E-state index >= 15 is 0 Å². The zero-order chi connectivity index (χ0) is 14.2. The molecule has 1 aliphatic heterocycles. The maximum atomic E-state index is 11.4. The Kier molecular flexibility index (Phi) is 3.85. The van der Waals surface area contributed by atoms with Crippen LogP contribution < -0.4 is 4.74 Å². The molecule has 0 radical (unpaired) electrons. The molecular formula is C13H18O5S. The minimum absolute atomic E-state index is 0.193. The third kappa shape index (κ3) is 3.26. The minimum atomic E-state index is -3.25. The molecule has 1 heterocycles. The summed E-state index contributed by atoms with van der Waals surface area (Å²) in [5, 5.41) is 19.4. The van der Waals surface area contributed by atoms with Gasteiger partial charge in [-0.05, 0) is 25.5 Å². The van der Waals surface area contributed by atoms with Crippen molar-refractivity contribution in [3.05, 3.63) is 29.3 Å². The van der Waals surface area contributed by atoms with Gasteiger partial charge in [-0.2, -0.15) is 0 Å². The second-order valence-electron chi connectivity index (χ2n) is 5.02. The van der Waals surface area contributed by atoms with Gasteiger partial charge in [0, 0.05) is 5.56 Å². The van der Waals surface area contributed by atoms with Gasteiger partial charge in [-0.3, -0.25) is 0 Å². The van der Waals surface area contributed by atoms with Crippen molar-refractivity contribution in [3.8, 4) is 5.75 Å². The van der Waals surface area contributed by atoms with Gasteiger partial charge in [0.2, 0.25) is 0 Å². The van der Waals surface area contributed by atoms with Crippen molar-refractivity contribution in [2.45, 2.75) is 32.2 Å². The van der Waals surface area contributed by atoms with E-state index in [1.165, 1.54) is 0 Å². The molecule has 0 spiro atoms. The van der Waals surface area contributed by atoms with E-state index < -0.39 is 28.1 Å². The lowest BCUT2D eigenvalue weighted by atomic mass is 10.1. The molecule has 1 aliphatic rings. The van der Waals surface area contributed by atoms with E-state index in [0.29, 0.717) is 11.3 Å². The number of ether oxygens (including phenoxy) is 1. The molecule has 6 heteroatoms. The van der Waals surface area contributed by atoms with E-state index in [2.05, 4.69) is 0 Å². The Labute approximate surface area is 112 Å². The molecule has 0 bridgehead atoms. The molecule has 0 aliphatic carbocycles. The molecule has 2 N–H and O–H groups in total. The summed E-state index contributed by atoms with van der Waals surface area (Å²) in [6.07, 6.45) is -2.51. The normalized spacial score (nSPS) is 27.2. The van der Waals surface area contributed by atoms with Crippen LogP contribution in [0.2, 0.25) is 0 Å². The Morgan fingerprint density at radius 3 is 2.58 bits per heavy atom. The molecule has 0 aromatic heterocycles. The van der Waals surface area contributed by atoms with Crippen molar-refractivity contribution in [2.24, 2.45) is 0 Å². The zero-order valence-electron chi connectivity index (χ0n) is 10.9. The van der Waals surface area contributed by atoms with Crippen molar-refractivity contribution in [1.29, 1.82) is 0 Å². The molecule has 1 aromatic rings. The molecule has 1 saturated heterocycles. The fourth-order valence-corrected chi connectivity index (χ4v) is 3.82. The van der Waals surface area contributed by atoms with Crippen molar-refractivity contribution in [1.82, 2.24) is 0 Å². The first-order valence-electron chi connectivity index (χ1n) is 6.12. The maximum Gasteiger partial charge on any atom is 0.156 e. The van der Waals surface area contributed by atoms with Crippen molar-refractivity contribution in [3.63, 3.8) is 0 Å². The van der Waals surface area contributed by atoms with Gasteiger partial charge in [0.25, 0.3) is 0 Å². The second kappa shape index (κ2) is 5.11. The highest BCUT2D eigenvalue weighted by molar-refractivity contribution is 7.91. The average molecular weight is 286 g/mol. The third-order valence-corrected chi connectivity index (χ3v) is 4.86. The zero-order valence-corrected chi connectivity index (χ0v) is 11.7. The Morgan fingerprint density at radius 2 is 2.05 bits per heavy atom. The molecule has 106 valence electrons. The summed E-state index contributed by atoms with van der Waals surface area (Å²) >= 11 is 0. The minimum Gasteiger partial charge on any atom is -0.486 e. The van der Waals surface area contributed by atoms with Crippen LogP contribution >= 0.6 is 0 Å². The van der Waals surface area contributed by atoms with Crippen molar-refractivity contribution < 1.29 is 23.4 Å². The van der Waals surface area contributed by atoms with Crippen molar-refractivity contribution >= 4 is 9.84 Å². The monoisotopic (exact) mass is 286 g/mol. The predicted octanol–water partition coefficient (Wildman–Crippen LogP) is 0.585. The van der Waals surface area contributed by atoms with E-state index in [4.69, 9.17) is 4.74 Å². The second-order valence-corrected chi connectivity index (χ2v) is 7.17. The summed E-state index contributed by atoms with van der Waals surface area (Å²) in [6, 6.07) is 5.32. The molecule has 19 heavy (non-hydrogen) atoms. The van der Waals surface area contributed by atoms with Gasteiger partial charge in [-0.15, -0.1) is 0 Å². The first kappa shape index (κ1) is 14.3. The third-order valence-electron chi connectivity index (χ3n) is 3.17. The fourth-order valence-electron chi connectivity index (χ4n) is 2.16. The molecule has 1 aromatic carbocycles. The van der Waals surface area contributed by atoms with Gasteiger partial charge in [0.1, 0.15) is 18.0 Å². The number of aryl methyl sites for hydroxylation is 1. The fraction of sp³-hybridized carbons (Fsp3) is 0.538. The van der Waals surface area contributed by atoms with E-state index in [1.807, 2.05) is 13.0 Å². The standard InChI is InChI=1S/C13H18O5S/c1-8-3-4-10(9(2)14)12(5-8)18-13-7-19(16,17)6-11(13)15/h3-5,9,11,13-15H,6-7H2,1-2H3/t9-,11?,13?/m1/s1. The van der Waals surface area contributed by atoms with Gasteiger partial charge in [-0.1, -0.05) is 12.1 Å². The van der Waals surface area contributed by atoms with Crippen LogP contribution in [0.4, 0.5) is 0 Å². The summed E-state index contributed by atoms with van der Waals surface area (Å²) < 4.78 is 28.5. The number of rotatable bonds is 3. The number of aliphatic hydroxyl groups excluding tert-OH is 2. The van der Waals surface area contributed by atoms with Crippen LogP contribution in [0, 0.1) is 6.92 Å². The predicted molar refractivity (Wildman–Crippen MR) is 70.9 cm³/mol. The number of hydrogen-bond acceptors (Lipinski definition) is 5. The van der Waals surface area contributed by atoms with Gasteiger partial charge in [-0.25, -0.2) is 8.42 Å². The Balaban J connectivity index is 2.26. The molecule has 2 rings (SSSR count). The Hall–Kier alpha value is -1.11. The highest BCUT2D eigenvalue weighted by atomic mass is 32.2. The Morgan fingerprint density at radius 1 is 1.37 bits per heavy atom. The van der Waals surface area contributed by atoms with Crippen LogP contribution in [0.15, 0.2) is 18.2 Å². The lowest BCUT2D eigenvalue weighted by Crippen LogP contribution is -2.30. The van der Waals surface area contributed by atoms with Gasteiger partial charge >= 0.3 is 0 Å². The van der Waals surface area contributed by atoms with Gasteiger partial charge in [0.05, 0.1) is 17.6 Å². The van der Waals surface area contributed by atoms with Crippen LogP contribution in [0.3, 0.4) is 0 Å². The molecular weight excluding hydrogens is 268 g/mol. The SMILES string of the molecule is Cc1ccc([C@@H](C)O)c(OC2CS(=O)(=O)CC2O)c1. The van der Waals surface area contributed by atoms with Crippen LogP contribution in [-0.4, -0.2) is 42.3 Å². The van der Waals surface area contributed by atoms with E-state index in [1.54, 1.807) is 19.1 Å². The number of benzene rings is 1. The summed E-state index contributed by atoms with van der Waals surface area (Å²) in [4.78, 5) is 0. The van der Waals surface area contributed by atoms with Gasteiger partial charge in [0.15, 0.2) is 9.84 Å². The molecule has 1 fully saturated rings. The molecule has 5 nitrogen and oxygen atoms in total.